The van der Waals surface area contributed by atoms with Gasteiger partial charge in [-0.15, -0.1) is 0 Å². The first-order chi connectivity index (χ1) is 10.1. The first kappa shape index (κ1) is 16.0. The van der Waals surface area contributed by atoms with Gasteiger partial charge < -0.3 is 10.2 Å². The molecule has 1 N–H and O–H groups in total. The van der Waals surface area contributed by atoms with Crippen molar-refractivity contribution in [2.75, 3.05) is 32.7 Å². The summed E-state index contributed by atoms with van der Waals surface area (Å²) in [7, 11) is 0. The van der Waals surface area contributed by atoms with Gasteiger partial charge in [-0.3, -0.25) is 4.90 Å². The van der Waals surface area contributed by atoms with Crippen LogP contribution in [0.4, 0.5) is 0 Å². The fourth-order valence-electron chi connectivity index (χ4n) is 2.37. The van der Waals surface area contributed by atoms with Gasteiger partial charge >= 0.3 is 0 Å². The number of rotatable bonds is 4. The lowest BCUT2D eigenvalue weighted by atomic mass is 10.2. The van der Waals surface area contributed by atoms with E-state index in [-0.39, 0.29) is 0 Å². The van der Waals surface area contributed by atoms with Gasteiger partial charge in [-0.05, 0) is 31.6 Å². The van der Waals surface area contributed by atoms with Crippen molar-refractivity contribution in [3.05, 3.63) is 42.0 Å². The number of thiocarbonyl (C=S) groups is 1. The van der Waals surface area contributed by atoms with Crippen molar-refractivity contribution < 1.29 is 0 Å². The van der Waals surface area contributed by atoms with Crippen LogP contribution in [0.3, 0.4) is 0 Å². The summed E-state index contributed by atoms with van der Waals surface area (Å²) in [6, 6.07) is 10.9. The van der Waals surface area contributed by atoms with E-state index in [1.54, 1.807) is 0 Å². The fraction of sp³-hybridized carbons (Fsp3) is 0.471. The van der Waals surface area contributed by atoms with Gasteiger partial charge in [-0.2, -0.15) is 0 Å². The van der Waals surface area contributed by atoms with E-state index < -0.39 is 0 Å². The number of nitrogens with zero attached hydrogens (tertiary/aromatic N) is 2. The van der Waals surface area contributed by atoms with Gasteiger partial charge in [0, 0.05) is 38.8 Å². The third kappa shape index (κ3) is 5.48. The zero-order chi connectivity index (χ0) is 15.1. The molecule has 0 spiro atoms. The standard InChI is InChI=1S/C17H25N3S/c1-15(2)18-17(21)20-13-11-19(12-14-20)10-6-9-16-7-4-3-5-8-16/h3-9,15H,10-14H2,1-2H3,(H,18,21). The molecule has 1 aliphatic heterocycles. The summed E-state index contributed by atoms with van der Waals surface area (Å²) in [5.74, 6) is 0. The summed E-state index contributed by atoms with van der Waals surface area (Å²) in [5, 5.41) is 4.21. The van der Waals surface area contributed by atoms with Crippen molar-refractivity contribution in [2.24, 2.45) is 0 Å². The molecule has 2 rings (SSSR count). The van der Waals surface area contributed by atoms with Crippen LogP contribution in [0.1, 0.15) is 19.4 Å². The quantitative estimate of drug-likeness (QED) is 0.862. The number of benzene rings is 1. The molecule has 1 saturated heterocycles. The summed E-state index contributed by atoms with van der Waals surface area (Å²) >= 11 is 5.42. The van der Waals surface area contributed by atoms with Crippen LogP contribution in [0.15, 0.2) is 36.4 Å². The van der Waals surface area contributed by atoms with Crippen LogP contribution in [0, 0.1) is 0 Å². The molecule has 0 unspecified atom stereocenters. The van der Waals surface area contributed by atoms with Crippen LogP contribution in [-0.4, -0.2) is 53.7 Å². The van der Waals surface area contributed by atoms with Crippen molar-refractivity contribution in [1.29, 1.82) is 0 Å². The molecular weight excluding hydrogens is 278 g/mol. The first-order valence-corrected chi connectivity index (χ1v) is 8.05. The van der Waals surface area contributed by atoms with Crippen molar-refractivity contribution in [3.63, 3.8) is 0 Å². The summed E-state index contributed by atoms with van der Waals surface area (Å²) in [5.41, 5.74) is 1.26. The smallest absolute Gasteiger partial charge is 0.169 e. The molecular formula is C17H25N3S. The molecule has 0 aromatic heterocycles. The Kier molecular flexibility index (Phi) is 6.21. The maximum atomic E-state index is 5.42. The van der Waals surface area contributed by atoms with Crippen LogP contribution in [-0.2, 0) is 0 Å². The zero-order valence-corrected chi connectivity index (χ0v) is 13.8. The molecule has 0 aliphatic carbocycles. The summed E-state index contributed by atoms with van der Waals surface area (Å²) in [6.45, 7) is 9.41. The topological polar surface area (TPSA) is 18.5 Å². The minimum atomic E-state index is 0.407. The Bertz CT molecular complexity index is 462. The van der Waals surface area contributed by atoms with E-state index >= 15 is 0 Å². The lowest BCUT2D eigenvalue weighted by Gasteiger charge is -2.36. The van der Waals surface area contributed by atoms with Gasteiger partial charge in [0.2, 0.25) is 0 Å². The molecule has 0 atom stereocenters. The largest absolute Gasteiger partial charge is 0.360 e. The average Bonchev–Trinajstić information content (AvgIpc) is 2.48. The Morgan fingerprint density at radius 1 is 1.19 bits per heavy atom. The first-order valence-electron chi connectivity index (χ1n) is 7.64. The molecule has 4 heteroatoms. The molecule has 0 amide bonds. The predicted molar refractivity (Wildman–Crippen MR) is 94.4 cm³/mol. The molecule has 21 heavy (non-hydrogen) atoms. The Morgan fingerprint density at radius 2 is 1.86 bits per heavy atom. The van der Waals surface area contributed by atoms with E-state index in [4.69, 9.17) is 12.2 Å². The number of hydrogen-bond acceptors (Lipinski definition) is 2. The van der Waals surface area contributed by atoms with Gasteiger partial charge in [-0.1, -0.05) is 42.5 Å². The second-order valence-corrected chi connectivity index (χ2v) is 6.09. The third-order valence-electron chi connectivity index (χ3n) is 3.55. The van der Waals surface area contributed by atoms with Crippen LogP contribution in [0.5, 0.6) is 0 Å². The highest BCUT2D eigenvalue weighted by atomic mass is 32.1. The molecule has 1 aromatic rings. The molecule has 1 aliphatic rings. The summed E-state index contributed by atoms with van der Waals surface area (Å²) < 4.78 is 0. The van der Waals surface area contributed by atoms with Gasteiger partial charge in [0.25, 0.3) is 0 Å². The fourth-order valence-corrected chi connectivity index (χ4v) is 2.79. The highest BCUT2D eigenvalue weighted by Gasteiger charge is 2.18. The van der Waals surface area contributed by atoms with Crippen LogP contribution < -0.4 is 5.32 Å². The van der Waals surface area contributed by atoms with Crippen molar-refractivity contribution in [2.45, 2.75) is 19.9 Å². The predicted octanol–water partition coefficient (Wildman–Crippen LogP) is 2.60. The third-order valence-corrected chi connectivity index (χ3v) is 3.92. The van der Waals surface area contributed by atoms with Gasteiger partial charge in [0.1, 0.15) is 0 Å². The molecule has 0 bridgehead atoms. The molecule has 1 heterocycles. The zero-order valence-electron chi connectivity index (χ0n) is 13.0. The normalized spacial score (nSPS) is 16.6. The minimum Gasteiger partial charge on any atom is -0.360 e. The second-order valence-electron chi connectivity index (χ2n) is 5.70. The van der Waals surface area contributed by atoms with Crippen molar-refractivity contribution >= 4 is 23.4 Å². The van der Waals surface area contributed by atoms with Crippen LogP contribution >= 0.6 is 12.2 Å². The molecule has 114 valence electrons. The maximum Gasteiger partial charge on any atom is 0.169 e. The monoisotopic (exact) mass is 303 g/mol. The second kappa shape index (κ2) is 8.15. The molecule has 1 aromatic carbocycles. The Morgan fingerprint density at radius 3 is 2.48 bits per heavy atom. The summed E-state index contributed by atoms with van der Waals surface area (Å²) in [6.07, 6.45) is 4.44. The molecule has 0 saturated carbocycles. The Balaban J connectivity index is 1.72. The lowest BCUT2D eigenvalue weighted by molar-refractivity contribution is 0.196. The highest BCUT2D eigenvalue weighted by molar-refractivity contribution is 7.80. The van der Waals surface area contributed by atoms with Gasteiger partial charge in [0.15, 0.2) is 5.11 Å². The maximum absolute atomic E-state index is 5.42. The van der Waals surface area contributed by atoms with E-state index in [1.807, 2.05) is 6.07 Å². The highest BCUT2D eigenvalue weighted by Crippen LogP contribution is 2.05. The van der Waals surface area contributed by atoms with Gasteiger partial charge in [-0.25, -0.2) is 0 Å². The lowest BCUT2D eigenvalue weighted by Crippen LogP contribution is -2.52. The molecule has 3 nitrogen and oxygen atoms in total. The number of nitrogens with one attached hydrogen (secondary N) is 1. The van der Waals surface area contributed by atoms with Gasteiger partial charge in [0.05, 0.1) is 0 Å². The van der Waals surface area contributed by atoms with E-state index in [9.17, 15) is 0 Å². The van der Waals surface area contributed by atoms with E-state index in [0.717, 1.165) is 37.8 Å². The summed E-state index contributed by atoms with van der Waals surface area (Å²) in [4.78, 5) is 4.74. The number of hydrogen-bond donors (Lipinski definition) is 1. The van der Waals surface area contributed by atoms with E-state index in [0.29, 0.717) is 6.04 Å². The minimum absolute atomic E-state index is 0.407. The Labute approximate surface area is 133 Å². The van der Waals surface area contributed by atoms with E-state index in [1.165, 1.54) is 5.56 Å². The van der Waals surface area contributed by atoms with Crippen molar-refractivity contribution in [1.82, 2.24) is 15.1 Å². The van der Waals surface area contributed by atoms with Crippen LogP contribution in [0.25, 0.3) is 6.08 Å². The van der Waals surface area contributed by atoms with Crippen LogP contribution in [0.2, 0.25) is 0 Å². The Hall–Kier alpha value is -1.39. The van der Waals surface area contributed by atoms with E-state index in [2.05, 4.69) is 65.4 Å². The molecule has 0 radical (unpaired) electrons. The number of piperazine rings is 1. The molecule has 1 fully saturated rings. The SMILES string of the molecule is CC(C)NC(=S)N1CCN(CC=Cc2ccccc2)CC1. The van der Waals surface area contributed by atoms with Crippen molar-refractivity contribution in [3.8, 4) is 0 Å². The average molecular weight is 303 g/mol.